The van der Waals surface area contributed by atoms with Crippen LogP contribution < -0.4 is 5.32 Å². The number of carbonyl (C=O) groups is 2. The van der Waals surface area contributed by atoms with Crippen molar-refractivity contribution in [3.05, 3.63) is 16.0 Å². The van der Waals surface area contributed by atoms with E-state index >= 15 is 0 Å². The standard InChI is InChI=1S/C21H29NO3S/c1-12(2)25-21(24)18-15-6-4-3-5-7-17(15)26-20(18)22-19(23)16-11-13-8-9-14(16)10-13/h12-14,16H,3-11H2,1-2H3,(H,22,23)/t13-,14+,16+/m0/s1. The van der Waals surface area contributed by atoms with Crippen molar-refractivity contribution in [1.29, 1.82) is 0 Å². The van der Waals surface area contributed by atoms with Crippen molar-refractivity contribution in [2.45, 2.75) is 77.7 Å². The second-order valence-electron chi connectivity index (χ2n) is 8.49. The van der Waals surface area contributed by atoms with Gasteiger partial charge in [0.1, 0.15) is 5.00 Å². The van der Waals surface area contributed by atoms with Crippen LogP contribution in [0.1, 0.15) is 79.6 Å². The van der Waals surface area contributed by atoms with Gasteiger partial charge in [0.25, 0.3) is 0 Å². The molecular weight excluding hydrogens is 346 g/mol. The number of hydrogen-bond acceptors (Lipinski definition) is 4. The van der Waals surface area contributed by atoms with Gasteiger partial charge in [0.2, 0.25) is 5.91 Å². The summed E-state index contributed by atoms with van der Waals surface area (Å²) in [6, 6.07) is 0. The van der Waals surface area contributed by atoms with E-state index in [0.717, 1.165) is 48.6 Å². The Morgan fingerprint density at radius 3 is 2.62 bits per heavy atom. The lowest BCUT2D eigenvalue weighted by Gasteiger charge is -2.20. The minimum atomic E-state index is -0.275. The van der Waals surface area contributed by atoms with E-state index in [4.69, 9.17) is 4.74 Å². The summed E-state index contributed by atoms with van der Waals surface area (Å²) < 4.78 is 5.52. The molecule has 3 aliphatic carbocycles. The van der Waals surface area contributed by atoms with Crippen molar-refractivity contribution in [3.63, 3.8) is 0 Å². The van der Waals surface area contributed by atoms with Crippen molar-refractivity contribution in [2.75, 3.05) is 5.32 Å². The molecule has 0 radical (unpaired) electrons. The van der Waals surface area contributed by atoms with Crippen LogP contribution >= 0.6 is 11.3 Å². The third kappa shape index (κ3) is 3.42. The predicted octanol–water partition coefficient (Wildman–Crippen LogP) is 4.96. The molecule has 3 aliphatic rings. The Balaban J connectivity index is 1.60. The molecule has 2 fully saturated rings. The third-order valence-corrected chi connectivity index (χ3v) is 7.49. The van der Waals surface area contributed by atoms with Crippen molar-refractivity contribution in [1.82, 2.24) is 0 Å². The zero-order chi connectivity index (χ0) is 18.3. The summed E-state index contributed by atoms with van der Waals surface area (Å²) in [6.07, 6.45) is 9.93. The molecule has 2 bridgehead atoms. The Bertz CT molecular complexity index is 708. The topological polar surface area (TPSA) is 55.4 Å². The Morgan fingerprint density at radius 2 is 1.92 bits per heavy atom. The molecule has 2 saturated carbocycles. The molecule has 3 atom stereocenters. The van der Waals surface area contributed by atoms with E-state index in [2.05, 4.69) is 5.32 Å². The molecule has 1 N–H and O–H groups in total. The van der Waals surface area contributed by atoms with E-state index in [9.17, 15) is 9.59 Å². The van der Waals surface area contributed by atoms with E-state index in [-0.39, 0.29) is 23.9 Å². The number of esters is 1. The van der Waals surface area contributed by atoms with Crippen LogP contribution in [0, 0.1) is 17.8 Å². The van der Waals surface area contributed by atoms with Crippen LogP contribution in [0.4, 0.5) is 5.00 Å². The fourth-order valence-corrected chi connectivity index (χ4v) is 6.37. The molecule has 4 rings (SSSR count). The van der Waals surface area contributed by atoms with Gasteiger partial charge in [-0.1, -0.05) is 12.8 Å². The summed E-state index contributed by atoms with van der Waals surface area (Å²) in [7, 11) is 0. The van der Waals surface area contributed by atoms with Crippen molar-refractivity contribution in [3.8, 4) is 0 Å². The van der Waals surface area contributed by atoms with Crippen molar-refractivity contribution in [2.24, 2.45) is 17.8 Å². The highest BCUT2D eigenvalue weighted by molar-refractivity contribution is 7.17. The van der Waals surface area contributed by atoms with E-state index in [1.807, 2.05) is 13.8 Å². The maximum atomic E-state index is 12.9. The largest absolute Gasteiger partial charge is 0.459 e. The molecule has 0 saturated heterocycles. The van der Waals surface area contributed by atoms with Gasteiger partial charge < -0.3 is 10.1 Å². The Morgan fingerprint density at radius 1 is 1.12 bits per heavy atom. The lowest BCUT2D eigenvalue weighted by atomic mass is 9.88. The first-order valence-electron chi connectivity index (χ1n) is 10.2. The number of amides is 1. The van der Waals surface area contributed by atoms with Crippen LogP contribution in [0.25, 0.3) is 0 Å². The van der Waals surface area contributed by atoms with Gasteiger partial charge in [-0.05, 0) is 76.2 Å². The summed E-state index contributed by atoms with van der Waals surface area (Å²) in [6.45, 7) is 3.74. The van der Waals surface area contributed by atoms with Crippen LogP contribution in [-0.2, 0) is 22.4 Å². The van der Waals surface area contributed by atoms with Gasteiger partial charge in [-0.25, -0.2) is 4.79 Å². The SMILES string of the molecule is CC(C)OC(=O)c1c(NC(=O)[C@@H]2C[C@H]3CC[C@@H]2C3)sc2c1CCCCC2. The van der Waals surface area contributed by atoms with Crippen LogP contribution in [0.3, 0.4) is 0 Å². The first-order chi connectivity index (χ1) is 12.5. The number of nitrogens with one attached hydrogen (secondary N) is 1. The zero-order valence-corrected chi connectivity index (χ0v) is 16.6. The second-order valence-corrected chi connectivity index (χ2v) is 9.60. The molecule has 1 heterocycles. The minimum Gasteiger partial charge on any atom is -0.459 e. The highest BCUT2D eigenvalue weighted by Gasteiger charge is 2.43. The fourth-order valence-electron chi connectivity index (χ4n) is 5.09. The number of rotatable bonds is 4. The van der Waals surface area contributed by atoms with Gasteiger partial charge in [0.05, 0.1) is 11.7 Å². The number of hydrogen-bond donors (Lipinski definition) is 1. The third-order valence-electron chi connectivity index (χ3n) is 6.28. The van der Waals surface area contributed by atoms with Gasteiger partial charge in [-0.3, -0.25) is 4.79 Å². The Kier molecular flexibility index (Phi) is 5.09. The molecule has 0 aliphatic heterocycles. The van der Waals surface area contributed by atoms with Gasteiger partial charge in [-0.15, -0.1) is 11.3 Å². The number of anilines is 1. The molecule has 1 aromatic heterocycles. The number of carbonyl (C=O) groups excluding carboxylic acids is 2. The van der Waals surface area contributed by atoms with Crippen LogP contribution in [0.5, 0.6) is 0 Å². The smallest absolute Gasteiger partial charge is 0.341 e. The Hall–Kier alpha value is -1.36. The lowest BCUT2D eigenvalue weighted by Crippen LogP contribution is -2.27. The monoisotopic (exact) mass is 375 g/mol. The molecule has 26 heavy (non-hydrogen) atoms. The number of ether oxygens (including phenoxy) is 1. The first kappa shape index (κ1) is 18.0. The molecule has 0 spiro atoms. The van der Waals surface area contributed by atoms with E-state index in [1.165, 1.54) is 30.6 Å². The predicted molar refractivity (Wildman–Crippen MR) is 104 cm³/mol. The molecule has 142 valence electrons. The lowest BCUT2D eigenvalue weighted by molar-refractivity contribution is -0.121. The first-order valence-corrected chi connectivity index (χ1v) is 11.0. The summed E-state index contributed by atoms with van der Waals surface area (Å²) >= 11 is 1.61. The molecule has 0 aromatic carbocycles. The van der Waals surface area contributed by atoms with Gasteiger partial charge in [0, 0.05) is 10.8 Å². The average Bonchev–Trinajstić information content (AvgIpc) is 3.25. The number of aryl methyl sites for hydroxylation is 1. The maximum absolute atomic E-state index is 12.9. The second kappa shape index (κ2) is 7.34. The molecular formula is C21H29NO3S. The Labute approximate surface area is 159 Å². The quantitative estimate of drug-likeness (QED) is 0.598. The normalized spacial score (nSPS) is 27.3. The van der Waals surface area contributed by atoms with Gasteiger partial charge in [-0.2, -0.15) is 0 Å². The van der Waals surface area contributed by atoms with Crippen LogP contribution in [0.2, 0.25) is 0 Å². The van der Waals surface area contributed by atoms with Crippen LogP contribution in [-0.4, -0.2) is 18.0 Å². The summed E-state index contributed by atoms with van der Waals surface area (Å²) in [5.74, 6) is 1.25. The fraction of sp³-hybridized carbons (Fsp3) is 0.714. The summed E-state index contributed by atoms with van der Waals surface area (Å²) in [4.78, 5) is 27.0. The van der Waals surface area contributed by atoms with E-state index in [0.29, 0.717) is 11.5 Å². The maximum Gasteiger partial charge on any atom is 0.341 e. The average molecular weight is 376 g/mol. The number of fused-ring (bicyclic) bond motifs is 3. The van der Waals surface area contributed by atoms with E-state index < -0.39 is 0 Å². The highest BCUT2D eigenvalue weighted by Crippen LogP contribution is 2.49. The minimum absolute atomic E-state index is 0.118. The molecule has 0 unspecified atom stereocenters. The molecule has 1 aromatic rings. The highest BCUT2D eigenvalue weighted by atomic mass is 32.1. The van der Waals surface area contributed by atoms with Crippen molar-refractivity contribution >= 4 is 28.2 Å². The van der Waals surface area contributed by atoms with Crippen LogP contribution in [0.15, 0.2) is 0 Å². The molecule has 5 heteroatoms. The number of thiophene rings is 1. The molecule has 4 nitrogen and oxygen atoms in total. The van der Waals surface area contributed by atoms with E-state index in [1.54, 1.807) is 11.3 Å². The van der Waals surface area contributed by atoms with Crippen molar-refractivity contribution < 1.29 is 14.3 Å². The molecule has 1 amide bonds. The summed E-state index contributed by atoms with van der Waals surface area (Å²) in [5, 5.41) is 3.88. The zero-order valence-electron chi connectivity index (χ0n) is 15.8. The van der Waals surface area contributed by atoms with Gasteiger partial charge in [0.15, 0.2) is 0 Å². The summed E-state index contributed by atoms with van der Waals surface area (Å²) in [5.41, 5.74) is 1.76. The van der Waals surface area contributed by atoms with Gasteiger partial charge >= 0.3 is 5.97 Å².